The Bertz CT molecular complexity index is 381. The number of nitrogens with zero attached hydrogens (tertiary/aromatic N) is 2. The second-order valence-corrected chi connectivity index (χ2v) is 2.88. The molecule has 1 rings (SSSR count). The standard InChI is InChI=1S/C8H7ClN2O3/c1-6(12)10(9)7-4-2-3-5-8(7)11(13)14/h2-5H,1H3. The van der Waals surface area contributed by atoms with Crippen molar-refractivity contribution in [2.45, 2.75) is 6.92 Å². The summed E-state index contributed by atoms with van der Waals surface area (Å²) < 4.78 is 0.720. The van der Waals surface area contributed by atoms with Crippen LogP contribution in [0, 0.1) is 10.1 Å². The predicted octanol–water partition coefficient (Wildman–Crippen LogP) is 2.10. The van der Waals surface area contributed by atoms with Gasteiger partial charge in [0.15, 0.2) is 0 Å². The maximum absolute atomic E-state index is 10.9. The van der Waals surface area contributed by atoms with Gasteiger partial charge in [0.1, 0.15) is 5.69 Å². The molecule has 0 saturated heterocycles. The van der Waals surface area contributed by atoms with E-state index in [0.717, 1.165) is 4.42 Å². The summed E-state index contributed by atoms with van der Waals surface area (Å²) in [7, 11) is 0. The number of anilines is 1. The van der Waals surface area contributed by atoms with Crippen LogP contribution in [0.15, 0.2) is 24.3 Å². The summed E-state index contributed by atoms with van der Waals surface area (Å²) in [5, 5.41) is 10.6. The summed E-state index contributed by atoms with van der Waals surface area (Å²) in [6.45, 7) is 1.23. The van der Waals surface area contributed by atoms with Crippen molar-refractivity contribution < 1.29 is 9.72 Å². The number of halogens is 1. The number of benzene rings is 1. The van der Waals surface area contributed by atoms with Crippen molar-refractivity contribution in [3.8, 4) is 0 Å². The maximum Gasteiger partial charge on any atom is 0.294 e. The number of amides is 1. The van der Waals surface area contributed by atoms with Crippen LogP contribution in [0.3, 0.4) is 0 Å². The minimum Gasteiger partial charge on any atom is -0.273 e. The molecule has 1 amide bonds. The van der Waals surface area contributed by atoms with E-state index in [0.29, 0.717) is 0 Å². The number of carbonyl (C=O) groups excluding carboxylic acids is 1. The molecule has 0 saturated carbocycles. The Morgan fingerprint density at radius 1 is 1.50 bits per heavy atom. The lowest BCUT2D eigenvalue weighted by Crippen LogP contribution is -2.17. The van der Waals surface area contributed by atoms with E-state index in [1.807, 2.05) is 0 Å². The fraction of sp³-hybridized carbons (Fsp3) is 0.125. The third-order valence-corrected chi connectivity index (χ3v) is 1.99. The van der Waals surface area contributed by atoms with Gasteiger partial charge in [0.25, 0.3) is 5.69 Å². The van der Waals surface area contributed by atoms with E-state index < -0.39 is 10.8 Å². The van der Waals surface area contributed by atoms with Gasteiger partial charge in [0.05, 0.1) is 4.92 Å². The number of para-hydroxylation sites is 2. The molecule has 0 radical (unpaired) electrons. The van der Waals surface area contributed by atoms with Crippen LogP contribution in [-0.4, -0.2) is 10.8 Å². The zero-order valence-electron chi connectivity index (χ0n) is 7.31. The minimum atomic E-state index is -0.590. The molecular formula is C8H7ClN2O3. The molecule has 0 fully saturated rings. The molecule has 0 aliphatic heterocycles. The third-order valence-electron chi connectivity index (χ3n) is 1.57. The third kappa shape index (κ3) is 2.00. The Labute approximate surface area is 85.2 Å². The number of rotatable bonds is 2. The van der Waals surface area contributed by atoms with Gasteiger partial charge in [0.2, 0.25) is 5.91 Å². The molecule has 1 aromatic carbocycles. The van der Waals surface area contributed by atoms with Crippen molar-refractivity contribution in [1.29, 1.82) is 0 Å². The number of nitro groups is 1. The molecule has 0 bridgehead atoms. The number of hydrogen-bond acceptors (Lipinski definition) is 3. The zero-order valence-corrected chi connectivity index (χ0v) is 8.06. The van der Waals surface area contributed by atoms with E-state index in [1.165, 1.54) is 25.1 Å². The van der Waals surface area contributed by atoms with Crippen molar-refractivity contribution in [1.82, 2.24) is 0 Å². The van der Waals surface area contributed by atoms with Gasteiger partial charge in [0, 0.05) is 24.8 Å². The quantitative estimate of drug-likeness (QED) is 0.430. The Kier molecular flexibility index (Phi) is 3.03. The molecule has 5 nitrogen and oxygen atoms in total. The van der Waals surface area contributed by atoms with E-state index in [9.17, 15) is 14.9 Å². The average molecular weight is 215 g/mol. The van der Waals surface area contributed by atoms with Crippen molar-refractivity contribution in [2.75, 3.05) is 4.42 Å². The van der Waals surface area contributed by atoms with Crippen LogP contribution >= 0.6 is 11.8 Å². The zero-order chi connectivity index (χ0) is 10.7. The molecular weight excluding hydrogens is 208 g/mol. The normalized spacial score (nSPS) is 9.57. The summed E-state index contributed by atoms with van der Waals surface area (Å²) in [6.07, 6.45) is 0. The average Bonchev–Trinajstić information content (AvgIpc) is 2.16. The van der Waals surface area contributed by atoms with E-state index in [1.54, 1.807) is 6.07 Å². The molecule has 1 aromatic rings. The highest BCUT2D eigenvalue weighted by Crippen LogP contribution is 2.28. The van der Waals surface area contributed by atoms with Gasteiger partial charge in [-0.3, -0.25) is 14.9 Å². The Balaban J connectivity index is 3.19. The smallest absolute Gasteiger partial charge is 0.273 e. The Morgan fingerprint density at radius 2 is 2.07 bits per heavy atom. The molecule has 14 heavy (non-hydrogen) atoms. The van der Waals surface area contributed by atoms with Crippen molar-refractivity contribution in [3.05, 3.63) is 34.4 Å². The largest absolute Gasteiger partial charge is 0.294 e. The van der Waals surface area contributed by atoms with Gasteiger partial charge in [-0.25, -0.2) is 4.42 Å². The fourth-order valence-corrected chi connectivity index (χ4v) is 1.10. The van der Waals surface area contributed by atoms with Gasteiger partial charge in [-0.2, -0.15) is 0 Å². The summed E-state index contributed by atoms with van der Waals surface area (Å²) >= 11 is 5.57. The SMILES string of the molecule is CC(=O)N(Cl)c1ccccc1[N+](=O)[O-]. The van der Waals surface area contributed by atoms with Crippen LogP contribution in [0.5, 0.6) is 0 Å². The molecule has 0 spiro atoms. The molecule has 74 valence electrons. The van der Waals surface area contributed by atoms with Crippen molar-refractivity contribution in [2.24, 2.45) is 0 Å². The van der Waals surface area contributed by atoms with E-state index >= 15 is 0 Å². The number of hydrogen-bond donors (Lipinski definition) is 0. The maximum atomic E-state index is 10.9. The van der Waals surface area contributed by atoms with Crippen LogP contribution in [0.2, 0.25) is 0 Å². The summed E-state index contributed by atoms with van der Waals surface area (Å²) in [4.78, 5) is 20.9. The monoisotopic (exact) mass is 214 g/mol. The molecule has 0 aliphatic carbocycles. The van der Waals surface area contributed by atoms with Gasteiger partial charge >= 0.3 is 0 Å². The van der Waals surface area contributed by atoms with Crippen molar-refractivity contribution >= 4 is 29.1 Å². The van der Waals surface area contributed by atoms with E-state index in [2.05, 4.69) is 0 Å². The summed E-state index contributed by atoms with van der Waals surface area (Å²) in [5.41, 5.74) is -0.121. The molecule has 0 heterocycles. The molecule has 0 unspecified atom stereocenters. The minimum absolute atomic E-state index is 0.0756. The van der Waals surface area contributed by atoms with E-state index in [4.69, 9.17) is 11.8 Å². The summed E-state index contributed by atoms with van der Waals surface area (Å²) in [6, 6.07) is 5.77. The lowest BCUT2D eigenvalue weighted by Gasteiger charge is -2.10. The first kappa shape index (κ1) is 10.5. The van der Waals surface area contributed by atoms with Crippen LogP contribution in [0.1, 0.15) is 6.92 Å². The van der Waals surface area contributed by atoms with Crippen LogP contribution in [0.4, 0.5) is 11.4 Å². The molecule has 0 atom stereocenters. The number of nitro benzene ring substituents is 1. The van der Waals surface area contributed by atoms with Crippen molar-refractivity contribution in [3.63, 3.8) is 0 Å². The van der Waals surface area contributed by atoms with Crippen LogP contribution in [-0.2, 0) is 4.79 Å². The van der Waals surface area contributed by atoms with Gasteiger partial charge < -0.3 is 0 Å². The van der Waals surface area contributed by atoms with Gasteiger partial charge in [-0.05, 0) is 6.07 Å². The first-order chi connectivity index (χ1) is 6.54. The fourth-order valence-electron chi connectivity index (χ4n) is 0.954. The van der Waals surface area contributed by atoms with Crippen LogP contribution in [0.25, 0.3) is 0 Å². The highest BCUT2D eigenvalue weighted by molar-refractivity contribution is 6.36. The van der Waals surface area contributed by atoms with E-state index in [-0.39, 0.29) is 11.4 Å². The Morgan fingerprint density at radius 3 is 2.57 bits per heavy atom. The first-order valence-electron chi connectivity index (χ1n) is 3.74. The molecule has 0 aliphatic rings. The highest BCUT2D eigenvalue weighted by Gasteiger charge is 2.19. The first-order valence-corrected chi connectivity index (χ1v) is 4.07. The molecule has 0 N–H and O–H groups in total. The topological polar surface area (TPSA) is 63.5 Å². The molecule has 0 aromatic heterocycles. The highest BCUT2D eigenvalue weighted by atomic mass is 35.5. The lowest BCUT2D eigenvalue weighted by atomic mass is 10.2. The second kappa shape index (κ2) is 4.06. The Hall–Kier alpha value is -1.62. The predicted molar refractivity (Wildman–Crippen MR) is 52.1 cm³/mol. The lowest BCUT2D eigenvalue weighted by molar-refractivity contribution is -0.384. The van der Waals surface area contributed by atoms with Gasteiger partial charge in [-0.15, -0.1) is 0 Å². The summed E-state index contributed by atoms with van der Waals surface area (Å²) in [5.74, 6) is -0.471. The number of carbonyl (C=O) groups is 1. The van der Waals surface area contributed by atoms with Gasteiger partial charge in [-0.1, -0.05) is 12.1 Å². The molecule has 6 heteroatoms. The second-order valence-electron chi connectivity index (χ2n) is 2.55. The van der Waals surface area contributed by atoms with Crippen LogP contribution < -0.4 is 4.42 Å².